The Labute approximate surface area is 125 Å². The molecule has 1 N–H and O–H groups in total. The second kappa shape index (κ2) is 6.43. The SMILES string of the molecule is CCOc1ncccc1C(=O)NC1CCN2CCCCC12. The highest BCUT2D eigenvalue weighted by Gasteiger charge is 2.36. The maximum atomic E-state index is 12.5. The molecular formula is C16H23N3O2. The highest BCUT2D eigenvalue weighted by molar-refractivity contribution is 5.96. The molecule has 0 aromatic carbocycles. The first-order chi connectivity index (χ1) is 10.3. The monoisotopic (exact) mass is 289 g/mol. The predicted octanol–water partition coefficient (Wildman–Crippen LogP) is 1.84. The highest BCUT2D eigenvalue weighted by atomic mass is 16.5. The number of pyridine rings is 1. The van der Waals surface area contributed by atoms with Gasteiger partial charge in [-0.15, -0.1) is 0 Å². The fraction of sp³-hybridized carbons (Fsp3) is 0.625. The Balaban J connectivity index is 1.69. The first kappa shape index (κ1) is 14.3. The van der Waals surface area contributed by atoms with Crippen molar-refractivity contribution >= 4 is 5.91 Å². The molecule has 0 spiro atoms. The third kappa shape index (κ3) is 3.02. The molecule has 1 aromatic rings. The number of carbonyl (C=O) groups is 1. The lowest BCUT2D eigenvalue weighted by Crippen LogP contribution is -2.46. The van der Waals surface area contributed by atoms with Crippen molar-refractivity contribution in [2.24, 2.45) is 0 Å². The van der Waals surface area contributed by atoms with Crippen molar-refractivity contribution in [3.05, 3.63) is 23.9 Å². The van der Waals surface area contributed by atoms with E-state index in [9.17, 15) is 4.79 Å². The number of hydrogen-bond acceptors (Lipinski definition) is 4. The van der Waals surface area contributed by atoms with Gasteiger partial charge in [0.1, 0.15) is 5.56 Å². The molecule has 2 aliphatic rings. The first-order valence-corrected chi connectivity index (χ1v) is 7.92. The molecule has 5 nitrogen and oxygen atoms in total. The van der Waals surface area contributed by atoms with Crippen molar-refractivity contribution in [1.82, 2.24) is 15.2 Å². The van der Waals surface area contributed by atoms with Crippen molar-refractivity contribution in [2.75, 3.05) is 19.7 Å². The van der Waals surface area contributed by atoms with E-state index in [1.54, 1.807) is 18.3 Å². The Kier molecular flexibility index (Phi) is 4.39. The van der Waals surface area contributed by atoms with Crippen LogP contribution in [0.25, 0.3) is 0 Å². The summed E-state index contributed by atoms with van der Waals surface area (Å²) >= 11 is 0. The number of ether oxygens (including phenoxy) is 1. The van der Waals surface area contributed by atoms with Gasteiger partial charge in [0.2, 0.25) is 5.88 Å². The molecule has 0 aliphatic carbocycles. The van der Waals surface area contributed by atoms with Crippen LogP contribution < -0.4 is 10.1 Å². The molecule has 0 saturated carbocycles. The average Bonchev–Trinajstić information content (AvgIpc) is 2.91. The molecule has 2 fully saturated rings. The number of carbonyl (C=O) groups excluding carboxylic acids is 1. The Morgan fingerprint density at radius 2 is 2.33 bits per heavy atom. The van der Waals surface area contributed by atoms with Gasteiger partial charge in [0.25, 0.3) is 5.91 Å². The van der Waals surface area contributed by atoms with Gasteiger partial charge in [0.05, 0.1) is 6.61 Å². The van der Waals surface area contributed by atoms with Crippen molar-refractivity contribution in [3.63, 3.8) is 0 Å². The van der Waals surface area contributed by atoms with Crippen molar-refractivity contribution < 1.29 is 9.53 Å². The topological polar surface area (TPSA) is 54.5 Å². The molecule has 5 heteroatoms. The van der Waals surface area contributed by atoms with Gasteiger partial charge in [-0.05, 0) is 44.9 Å². The van der Waals surface area contributed by atoms with Gasteiger partial charge in [0, 0.05) is 24.8 Å². The van der Waals surface area contributed by atoms with E-state index in [0.29, 0.717) is 24.1 Å². The molecule has 0 bridgehead atoms. The van der Waals surface area contributed by atoms with Crippen LogP contribution in [-0.2, 0) is 0 Å². The fourth-order valence-corrected chi connectivity index (χ4v) is 3.48. The van der Waals surface area contributed by atoms with E-state index in [1.807, 2.05) is 6.92 Å². The van der Waals surface area contributed by atoms with Crippen LogP contribution in [0.3, 0.4) is 0 Å². The number of aromatic nitrogens is 1. The molecular weight excluding hydrogens is 266 g/mol. The second-order valence-corrected chi connectivity index (χ2v) is 5.76. The largest absolute Gasteiger partial charge is 0.477 e. The maximum Gasteiger partial charge on any atom is 0.257 e. The van der Waals surface area contributed by atoms with Gasteiger partial charge in [0.15, 0.2) is 0 Å². The van der Waals surface area contributed by atoms with Gasteiger partial charge in [-0.1, -0.05) is 6.42 Å². The molecule has 0 radical (unpaired) electrons. The van der Waals surface area contributed by atoms with Crippen LogP contribution >= 0.6 is 0 Å². The summed E-state index contributed by atoms with van der Waals surface area (Å²) in [5, 5.41) is 3.19. The fourth-order valence-electron chi connectivity index (χ4n) is 3.48. The molecule has 21 heavy (non-hydrogen) atoms. The number of rotatable bonds is 4. The van der Waals surface area contributed by atoms with E-state index >= 15 is 0 Å². The van der Waals surface area contributed by atoms with E-state index in [-0.39, 0.29) is 11.9 Å². The number of piperidine rings is 1. The third-order valence-corrected chi connectivity index (χ3v) is 4.47. The number of amides is 1. The minimum atomic E-state index is -0.0658. The molecule has 2 aliphatic heterocycles. The third-order valence-electron chi connectivity index (χ3n) is 4.47. The number of nitrogens with one attached hydrogen (secondary N) is 1. The Hall–Kier alpha value is -1.62. The standard InChI is InChI=1S/C16H23N3O2/c1-2-21-16-12(6-5-9-17-16)15(20)18-13-8-11-19-10-4-3-7-14(13)19/h5-6,9,13-14H,2-4,7-8,10-11H2,1H3,(H,18,20). The molecule has 1 aromatic heterocycles. The zero-order valence-corrected chi connectivity index (χ0v) is 12.5. The average molecular weight is 289 g/mol. The molecule has 3 heterocycles. The molecule has 114 valence electrons. The van der Waals surface area contributed by atoms with E-state index < -0.39 is 0 Å². The molecule has 1 amide bonds. The van der Waals surface area contributed by atoms with E-state index in [1.165, 1.54) is 25.8 Å². The van der Waals surface area contributed by atoms with Crippen molar-refractivity contribution in [1.29, 1.82) is 0 Å². The van der Waals surface area contributed by atoms with Crippen LogP contribution in [0.2, 0.25) is 0 Å². The maximum absolute atomic E-state index is 12.5. The van der Waals surface area contributed by atoms with Crippen LogP contribution in [0.5, 0.6) is 5.88 Å². The normalized spacial score (nSPS) is 25.4. The zero-order valence-electron chi connectivity index (χ0n) is 12.5. The smallest absolute Gasteiger partial charge is 0.257 e. The first-order valence-electron chi connectivity index (χ1n) is 7.92. The van der Waals surface area contributed by atoms with Crippen LogP contribution in [0, 0.1) is 0 Å². The van der Waals surface area contributed by atoms with Crippen molar-refractivity contribution in [3.8, 4) is 5.88 Å². The summed E-state index contributed by atoms with van der Waals surface area (Å²) in [6.45, 7) is 4.68. The van der Waals surface area contributed by atoms with Crippen LogP contribution in [0.15, 0.2) is 18.3 Å². The minimum Gasteiger partial charge on any atom is -0.477 e. The second-order valence-electron chi connectivity index (χ2n) is 5.76. The molecule has 3 rings (SSSR count). The number of fused-ring (bicyclic) bond motifs is 1. The van der Waals surface area contributed by atoms with Gasteiger partial charge in [-0.3, -0.25) is 9.69 Å². The lowest BCUT2D eigenvalue weighted by atomic mass is 9.99. The van der Waals surface area contributed by atoms with Crippen LogP contribution in [0.4, 0.5) is 0 Å². The summed E-state index contributed by atoms with van der Waals surface area (Å²) in [5.41, 5.74) is 0.536. The summed E-state index contributed by atoms with van der Waals surface area (Å²) in [6.07, 6.45) is 6.44. The summed E-state index contributed by atoms with van der Waals surface area (Å²) in [7, 11) is 0. The number of hydrogen-bond donors (Lipinski definition) is 1. The van der Waals surface area contributed by atoms with Crippen LogP contribution in [-0.4, -0.2) is 47.6 Å². The van der Waals surface area contributed by atoms with E-state index in [4.69, 9.17) is 4.74 Å². The highest BCUT2D eigenvalue weighted by Crippen LogP contribution is 2.27. The summed E-state index contributed by atoms with van der Waals surface area (Å²) in [5.74, 6) is 0.361. The lowest BCUT2D eigenvalue weighted by molar-refractivity contribution is 0.0910. The van der Waals surface area contributed by atoms with E-state index in [2.05, 4.69) is 15.2 Å². The summed E-state index contributed by atoms with van der Waals surface area (Å²) < 4.78 is 5.45. The molecule has 2 saturated heterocycles. The predicted molar refractivity (Wildman–Crippen MR) is 80.5 cm³/mol. The van der Waals surface area contributed by atoms with Crippen molar-refractivity contribution in [2.45, 2.75) is 44.7 Å². The quantitative estimate of drug-likeness (QED) is 0.919. The minimum absolute atomic E-state index is 0.0658. The Bertz CT molecular complexity index is 506. The van der Waals surface area contributed by atoms with Crippen LogP contribution in [0.1, 0.15) is 43.0 Å². The Morgan fingerprint density at radius 3 is 3.19 bits per heavy atom. The van der Waals surface area contributed by atoms with Gasteiger partial charge >= 0.3 is 0 Å². The van der Waals surface area contributed by atoms with Gasteiger partial charge in [-0.25, -0.2) is 4.98 Å². The molecule has 2 unspecified atom stereocenters. The van der Waals surface area contributed by atoms with E-state index in [0.717, 1.165) is 13.0 Å². The Morgan fingerprint density at radius 1 is 1.43 bits per heavy atom. The summed E-state index contributed by atoms with van der Waals surface area (Å²) in [4.78, 5) is 19.2. The van der Waals surface area contributed by atoms with Gasteiger partial charge < -0.3 is 10.1 Å². The lowest BCUT2D eigenvalue weighted by Gasteiger charge is -2.32. The molecule has 2 atom stereocenters. The summed E-state index contributed by atoms with van der Waals surface area (Å²) in [6, 6.07) is 4.32. The number of nitrogens with zero attached hydrogens (tertiary/aromatic N) is 2. The zero-order chi connectivity index (χ0) is 14.7. The van der Waals surface area contributed by atoms with Gasteiger partial charge in [-0.2, -0.15) is 0 Å².